The zero-order valence-corrected chi connectivity index (χ0v) is 16.7. The minimum absolute atomic E-state index is 0.149. The summed E-state index contributed by atoms with van der Waals surface area (Å²) in [5.41, 5.74) is 2.49. The number of likely N-dealkylation sites (N-methyl/N-ethyl adjacent to an activating group) is 1. The number of hydrogen-bond acceptors (Lipinski definition) is 5. The van der Waals surface area contributed by atoms with Gasteiger partial charge in [0.25, 0.3) is 5.91 Å². The maximum Gasteiger partial charge on any atom is 0.331 e. The molecule has 2 amide bonds. The summed E-state index contributed by atoms with van der Waals surface area (Å²) in [6, 6.07) is 14.5. The van der Waals surface area contributed by atoms with Crippen LogP contribution in [-0.2, 0) is 19.1 Å². The summed E-state index contributed by atoms with van der Waals surface area (Å²) >= 11 is 0. The molecule has 7 heteroatoms. The Balaban J connectivity index is 1.76. The van der Waals surface area contributed by atoms with E-state index in [1.165, 1.54) is 18.0 Å². The highest BCUT2D eigenvalue weighted by Crippen LogP contribution is 2.13. The van der Waals surface area contributed by atoms with Crippen molar-refractivity contribution in [3.05, 3.63) is 65.7 Å². The molecule has 0 aliphatic heterocycles. The molecule has 0 bridgehead atoms. The van der Waals surface area contributed by atoms with Gasteiger partial charge in [-0.15, -0.1) is 0 Å². The Kier molecular flexibility index (Phi) is 7.97. The van der Waals surface area contributed by atoms with E-state index in [1.807, 2.05) is 19.1 Å². The molecule has 0 saturated carbocycles. The van der Waals surface area contributed by atoms with Crippen LogP contribution in [-0.4, -0.2) is 50.0 Å². The minimum Gasteiger partial charge on any atom is -0.497 e. The number of amides is 2. The second kappa shape index (κ2) is 10.7. The van der Waals surface area contributed by atoms with Crippen molar-refractivity contribution in [3.63, 3.8) is 0 Å². The second-order valence-electron chi connectivity index (χ2n) is 6.38. The molecule has 0 aliphatic carbocycles. The van der Waals surface area contributed by atoms with Crippen LogP contribution in [0.1, 0.15) is 11.1 Å². The summed E-state index contributed by atoms with van der Waals surface area (Å²) in [5.74, 6) is -0.805. The fourth-order valence-corrected chi connectivity index (χ4v) is 2.34. The van der Waals surface area contributed by atoms with E-state index >= 15 is 0 Å². The number of methoxy groups -OCH3 is 1. The highest BCUT2D eigenvalue weighted by Gasteiger charge is 2.14. The standard InChI is InChI=1S/C22H24N2O5/c1-16-7-10-18(11-8-16)23-20(25)14-24(2)21(26)15-29-22(27)12-9-17-5-4-6-19(13-17)28-3/h4-13H,14-15H2,1-3H3,(H,23,25)/b12-9+. The van der Waals surface area contributed by atoms with Gasteiger partial charge < -0.3 is 19.7 Å². The molecule has 0 fully saturated rings. The lowest BCUT2D eigenvalue weighted by Gasteiger charge is -2.16. The Labute approximate surface area is 169 Å². The van der Waals surface area contributed by atoms with Crippen molar-refractivity contribution >= 4 is 29.5 Å². The van der Waals surface area contributed by atoms with E-state index in [0.29, 0.717) is 11.4 Å². The molecule has 2 rings (SSSR count). The summed E-state index contributed by atoms with van der Waals surface area (Å²) in [7, 11) is 3.03. The van der Waals surface area contributed by atoms with Gasteiger partial charge >= 0.3 is 5.97 Å². The van der Waals surface area contributed by atoms with Crippen LogP contribution in [0.2, 0.25) is 0 Å². The van der Waals surface area contributed by atoms with Crippen LogP contribution in [0.15, 0.2) is 54.6 Å². The number of hydrogen-bond donors (Lipinski definition) is 1. The molecule has 0 atom stereocenters. The molecule has 0 aliphatic rings. The first-order valence-electron chi connectivity index (χ1n) is 8.97. The lowest BCUT2D eigenvalue weighted by Crippen LogP contribution is -2.37. The van der Waals surface area contributed by atoms with Crippen LogP contribution >= 0.6 is 0 Å². The number of aryl methyl sites for hydroxylation is 1. The average Bonchev–Trinajstić information content (AvgIpc) is 2.72. The molecule has 1 N–H and O–H groups in total. The number of ether oxygens (including phenoxy) is 2. The van der Waals surface area contributed by atoms with Crippen molar-refractivity contribution in [2.45, 2.75) is 6.92 Å². The van der Waals surface area contributed by atoms with E-state index in [2.05, 4.69) is 5.32 Å². The van der Waals surface area contributed by atoms with E-state index in [0.717, 1.165) is 11.1 Å². The first kappa shape index (κ1) is 21.7. The van der Waals surface area contributed by atoms with Crippen molar-refractivity contribution in [2.24, 2.45) is 0 Å². The van der Waals surface area contributed by atoms with E-state index in [4.69, 9.17) is 9.47 Å². The monoisotopic (exact) mass is 396 g/mol. The predicted octanol–water partition coefficient (Wildman–Crippen LogP) is 2.66. The molecule has 2 aromatic carbocycles. The van der Waals surface area contributed by atoms with Gasteiger partial charge in [-0.25, -0.2) is 4.79 Å². The Hall–Kier alpha value is -3.61. The molecule has 7 nitrogen and oxygen atoms in total. The quantitative estimate of drug-likeness (QED) is 0.548. The zero-order chi connectivity index (χ0) is 21.2. The van der Waals surface area contributed by atoms with Crippen LogP contribution in [0, 0.1) is 6.92 Å². The maximum atomic E-state index is 12.1. The highest BCUT2D eigenvalue weighted by molar-refractivity contribution is 5.95. The Bertz CT molecular complexity index is 890. The fraction of sp³-hybridized carbons (Fsp3) is 0.227. The van der Waals surface area contributed by atoms with Gasteiger partial charge in [0, 0.05) is 18.8 Å². The van der Waals surface area contributed by atoms with Crippen molar-refractivity contribution in [2.75, 3.05) is 32.6 Å². The Morgan fingerprint density at radius 3 is 2.52 bits per heavy atom. The van der Waals surface area contributed by atoms with Crippen molar-refractivity contribution < 1.29 is 23.9 Å². The van der Waals surface area contributed by atoms with Gasteiger partial charge in [-0.05, 0) is 42.8 Å². The molecule has 0 heterocycles. The van der Waals surface area contributed by atoms with Gasteiger partial charge in [-0.1, -0.05) is 29.8 Å². The predicted molar refractivity (Wildman–Crippen MR) is 110 cm³/mol. The summed E-state index contributed by atoms with van der Waals surface area (Å²) in [5, 5.41) is 2.71. The lowest BCUT2D eigenvalue weighted by atomic mass is 10.2. The lowest BCUT2D eigenvalue weighted by molar-refractivity contribution is -0.148. The Morgan fingerprint density at radius 1 is 1.10 bits per heavy atom. The smallest absolute Gasteiger partial charge is 0.331 e. The Morgan fingerprint density at radius 2 is 1.83 bits per heavy atom. The summed E-state index contributed by atoms with van der Waals surface area (Å²) < 4.78 is 10.0. The third-order valence-electron chi connectivity index (χ3n) is 3.99. The number of carbonyl (C=O) groups is 3. The molecule has 29 heavy (non-hydrogen) atoms. The van der Waals surface area contributed by atoms with E-state index in [1.54, 1.807) is 49.6 Å². The van der Waals surface area contributed by atoms with Gasteiger partial charge in [-0.2, -0.15) is 0 Å². The van der Waals surface area contributed by atoms with E-state index < -0.39 is 18.5 Å². The van der Waals surface area contributed by atoms with Crippen LogP contribution in [0.25, 0.3) is 6.08 Å². The van der Waals surface area contributed by atoms with Gasteiger partial charge in [0.05, 0.1) is 13.7 Å². The molecule has 0 saturated heterocycles. The minimum atomic E-state index is -0.654. The highest BCUT2D eigenvalue weighted by atomic mass is 16.5. The number of esters is 1. The van der Waals surface area contributed by atoms with Crippen molar-refractivity contribution in [3.8, 4) is 5.75 Å². The van der Waals surface area contributed by atoms with Crippen molar-refractivity contribution in [1.29, 1.82) is 0 Å². The summed E-state index contributed by atoms with van der Waals surface area (Å²) in [4.78, 5) is 37.1. The SMILES string of the molecule is COc1cccc(/C=C/C(=O)OCC(=O)N(C)CC(=O)Nc2ccc(C)cc2)c1. The normalized spacial score (nSPS) is 10.4. The summed E-state index contributed by atoms with van der Waals surface area (Å²) in [6.07, 6.45) is 2.79. The third-order valence-corrected chi connectivity index (χ3v) is 3.99. The van der Waals surface area contributed by atoms with Gasteiger partial charge in [-0.3, -0.25) is 9.59 Å². The first-order valence-corrected chi connectivity index (χ1v) is 8.97. The van der Waals surface area contributed by atoms with E-state index in [9.17, 15) is 14.4 Å². The number of anilines is 1. The first-order chi connectivity index (χ1) is 13.9. The van der Waals surface area contributed by atoms with E-state index in [-0.39, 0.29) is 12.5 Å². The number of benzene rings is 2. The zero-order valence-electron chi connectivity index (χ0n) is 16.7. The van der Waals surface area contributed by atoms with Gasteiger partial charge in [0.2, 0.25) is 5.91 Å². The molecular weight excluding hydrogens is 372 g/mol. The average molecular weight is 396 g/mol. The van der Waals surface area contributed by atoms with Gasteiger partial charge in [0.1, 0.15) is 5.75 Å². The molecular formula is C22H24N2O5. The molecule has 2 aromatic rings. The second-order valence-corrected chi connectivity index (χ2v) is 6.38. The van der Waals surface area contributed by atoms with Gasteiger partial charge in [0.15, 0.2) is 6.61 Å². The van der Waals surface area contributed by atoms with Crippen LogP contribution in [0.5, 0.6) is 5.75 Å². The van der Waals surface area contributed by atoms with Crippen LogP contribution in [0.3, 0.4) is 0 Å². The number of carbonyl (C=O) groups excluding carboxylic acids is 3. The summed E-state index contributed by atoms with van der Waals surface area (Å²) in [6.45, 7) is 1.35. The molecule has 152 valence electrons. The third kappa shape index (κ3) is 7.50. The van der Waals surface area contributed by atoms with Crippen LogP contribution in [0.4, 0.5) is 5.69 Å². The molecule has 0 unspecified atom stereocenters. The van der Waals surface area contributed by atoms with Crippen LogP contribution < -0.4 is 10.1 Å². The molecule has 0 spiro atoms. The van der Waals surface area contributed by atoms with Crippen molar-refractivity contribution in [1.82, 2.24) is 4.90 Å². The maximum absolute atomic E-state index is 12.1. The fourth-order valence-electron chi connectivity index (χ4n) is 2.34. The topological polar surface area (TPSA) is 84.9 Å². The molecule has 0 radical (unpaired) electrons. The number of nitrogens with zero attached hydrogens (tertiary/aromatic N) is 1. The largest absolute Gasteiger partial charge is 0.497 e. The number of nitrogens with one attached hydrogen (secondary N) is 1. The molecule has 0 aromatic heterocycles. The number of rotatable bonds is 8.